The Hall–Kier alpha value is -2.80. The van der Waals surface area contributed by atoms with Gasteiger partial charge in [-0.2, -0.15) is 0 Å². The second-order valence-corrected chi connectivity index (χ2v) is 10.6. The van der Waals surface area contributed by atoms with E-state index < -0.39 is 6.04 Å². The minimum Gasteiger partial charge on any atom is -0.361 e. The molecule has 2 saturated heterocycles. The first kappa shape index (κ1) is 21.7. The summed E-state index contributed by atoms with van der Waals surface area (Å²) in [4.78, 5) is 24.2. The maximum absolute atomic E-state index is 13.1. The number of hydrogen-bond donors (Lipinski definition) is 3. The monoisotopic (exact) mass is 475 g/mol. The van der Waals surface area contributed by atoms with Gasteiger partial charge >= 0.3 is 0 Å². The topological polar surface area (TPSA) is 81.2 Å². The molecule has 4 N–H and O–H groups in total. The van der Waals surface area contributed by atoms with Gasteiger partial charge in [0, 0.05) is 71.9 Å². The normalized spacial score (nSPS) is 19.1. The van der Waals surface area contributed by atoms with Crippen molar-refractivity contribution >= 4 is 39.3 Å². The van der Waals surface area contributed by atoms with Crippen LogP contribution in [0.2, 0.25) is 5.02 Å². The fraction of sp³-hybridized carbons (Fsp3) is 0.370. The van der Waals surface area contributed by atoms with Crippen molar-refractivity contribution in [3.8, 4) is 0 Å². The highest BCUT2D eigenvalue weighted by Gasteiger charge is 2.45. The lowest BCUT2D eigenvalue weighted by Crippen LogP contribution is -2.61. The van der Waals surface area contributed by atoms with Crippen LogP contribution in [-0.2, 0) is 17.8 Å². The Morgan fingerprint density at radius 1 is 1.00 bits per heavy atom. The van der Waals surface area contributed by atoms with Crippen molar-refractivity contribution in [1.82, 2.24) is 19.8 Å². The van der Waals surface area contributed by atoms with Gasteiger partial charge in [-0.3, -0.25) is 9.69 Å². The lowest BCUT2D eigenvalue weighted by molar-refractivity contribution is -0.137. The Morgan fingerprint density at radius 3 is 2.50 bits per heavy atom. The molecule has 1 spiro atoms. The van der Waals surface area contributed by atoms with Gasteiger partial charge in [0.2, 0.25) is 5.91 Å². The van der Waals surface area contributed by atoms with Crippen molar-refractivity contribution < 1.29 is 4.79 Å². The first-order valence-electron chi connectivity index (χ1n) is 12.1. The van der Waals surface area contributed by atoms with Crippen LogP contribution in [0.3, 0.4) is 0 Å². The number of nitrogens with zero attached hydrogens (tertiary/aromatic N) is 2. The van der Waals surface area contributed by atoms with Crippen molar-refractivity contribution in [1.29, 1.82) is 0 Å². The van der Waals surface area contributed by atoms with Crippen molar-refractivity contribution in [3.05, 3.63) is 71.0 Å². The molecule has 4 aromatic rings. The number of aromatic amines is 2. The van der Waals surface area contributed by atoms with Crippen LogP contribution in [0.5, 0.6) is 0 Å². The van der Waals surface area contributed by atoms with Crippen molar-refractivity contribution in [3.63, 3.8) is 0 Å². The summed E-state index contributed by atoms with van der Waals surface area (Å²) in [6.07, 6.45) is 6.74. The fourth-order valence-electron chi connectivity index (χ4n) is 5.91. The number of H-pyrrole nitrogens is 2. The average molecular weight is 476 g/mol. The highest BCUT2D eigenvalue weighted by Crippen LogP contribution is 2.41. The summed E-state index contributed by atoms with van der Waals surface area (Å²) in [6, 6.07) is 13.7. The number of amides is 1. The van der Waals surface area contributed by atoms with Crippen molar-refractivity contribution in [2.24, 2.45) is 11.1 Å². The lowest BCUT2D eigenvalue weighted by atomic mass is 9.71. The third-order valence-corrected chi connectivity index (χ3v) is 8.04. The summed E-state index contributed by atoms with van der Waals surface area (Å²) in [5, 5.41) is 3.13. The Kier molecular flexibility index (Phi) is 5.40. The summed E-state index contributed by atoms with van der Waals surface area (Å²) in [6.45, 7) is 4.71. The minimum absolute atomic E-state index is 0.0759. The minimum atomic E-state index is -0.500. The molecule has 2 aliphatic heterocycles. The standard InChI is InChI=1S/C27H30ClN5O/c28-20-5-6-25-22(12-20)19(14-31-25)15-32-16-27(17-32)7-9-33(10-8-27)26(34)23(29)11-18-13-30-24-4-2-1-3-21(18)24/h1-6,12-14,23,30-31H,7-11,15-17,29H2/t23-/m0/s1. The van der Waals surface area contributed by atoms with E-state index in [1.807, 2.05) is 47.5 Å². The second kappa shape index (κ2) is 8.45. The molecule has 0 aliphatic carbocycles. The van der Waals surface area contributed by atoms with Crippen molar-refractivity contribution in [2.75, 3.05) is 26.2 Å². The zero-order chi connectivity index (χ0) is 23.3. The number of nitrogens with one attached hydrogen (secondary N) is 2. The molecule has 1 atom stereocenters. The lowest BCUT2D eigenvalue weighted by Gasteiger charge is -2.54. The molecule has 0 unspecified atom stereocenters. The Balaban J connectivity index is 1.02. The molecule has 0 bridgehead atoms. The molecule has 0 radical (unpaired) electrons. The van der Waals surface area contributed by atoms with E-state index >= 15 is 0 Å². The molecule has 2 aromatic heterocycles. The van der Waals surface area contributed by atoms with Gasteiger partial charge in [0.15, 0.2) is 0 Å². The molecule has 2 aliphatic rings. The molecule has 6 rings (SSSR count). The van der Waals surface area contributed by atoms with E-state index in [-0.39, 0.29) is 5.91 Å². The Morgan fingerprint density at radius 2 is 1.71 bits per heavy atom. The molecule has 1 amide bonds. The average Bonchev–Trinajstić information content (AvgIpc) is 3.42. The van der Waals surface area contributed by atoms with Gasteiger partial charge in [-0.05, 0) is 60.1 Å². The number of benzene rings is 2. The third kappa shape index (κ3) is 3.90. The maximum atomic E-state index is 13.1. The number of para-hydroxylation sites is 1. The number of carbonyl (C=O) groups excluding carboxylic acids is 1. The Bertz CT molecular complexity index is 1340. The summed E-state index contributed by atoms with van der Waals surface area (Å²) in [5.74, 6) is 0.0759. The first-order valence-corrected chi connectivity index (χ1v) is 12.4. The highest BCUT2D eigenvalue weighted by molar-refractivity contribution is 6.31. The number of rotatable bonds is 5. The molecule has 176 valence electrons. The molecule has 0 saturated carbocycles. The van der Waals surface area contributed by atoms with E-state index in [2.05, 4.69) is 27.1 Å². The van der Waals surface area contributed by atoms with Gasteiger partial charge in [0.1, 0.15) is 0 Å². The number of carbonyl (C=O) groups is 1. The van der Waals surface area contributed by atoms with E-state index in [1.165, 1.54) is 10.9 Å². The summed E-state index contributed by atoms with van der Waals surface area (Å²) in [7, 11) is 0. The number of likely N-dealkylation sites (tertiary alicyclic amines) is 2. The number of piperidine rings is 1. The van der Waals surface area contributed by atoms with Crippen LogP contribution in [0.25, 0.3) is 21.8 Å². The predicted octanol–water partition coefficient (Wildman–Crippen LogP) is 4.30. The maximum Gasteiger partial charge on any atom is 0.239 e. The van der Waals surface area contributed by atoms with Crippen LogP contribution in [0.4, 0.5) is 0 Å². The van der Waals surface area contributed by atoms with E-state index in [0.717, 1.165) is 72.6 Å². The van der Waals surface area contributed by atoms with Crippen LogP contribution < -0.4 is 5.73 Å². The zero-order valence-electron chi connectivity index (χ0n) is 19.2. The molecule has 34 heavy (non-hydrogen) atoms. The van der Waals surface area contributed by atoms with E-state index in [1.54, 1.807) is 0 Å². The number of halogens is 1. The van der Waals surface area contributed by atoms with Gasteiger partial charge in [-0.1, -0.05) is 29.8 Å². The SMILES string of the molecule is N[C@@H](Cc1c[nH]c2ccccc12)C(=O)N1CCC2(CC1)CN(Cc1c[nH]c3ccc(Cl)cc13)C2. The second-order valence-electron chi connectivity index (χ2n) is 10.1. The van der Waals surface area contributed by atoms with Crippen LogP contribution in [0.15, 0.2) is 54.9 Å². The van der Waals surface area contributed by atoms with Crippen LogP contribution in [-0.4, -0.2) is 57.9 Å². The number of nitrogens with two attached hydrogens (primary N) is 1. The molecular formula is C27H30ClN5O. The van der Waals surface area contributed by atoms with E-state index in [9.17, 15) is 4.79 Å². The predicted molar refractivity (Wildman–Crippen MR) is 137 cm³/mol. The zero-order valence-corrected chi connectivity index (χ0v) is 19.9. The van der Waals surface area contributed by atoms with Gasteiger partial charge in [-0.15, -0.1) is 0 Å². The molecule has 2 fully saturated rings. The number of fused-ring (bicyclic) bond motifs is 2. The van der Waals surface area contributed by atoms with Gasteiger partial charge in [0.25, 0.3) is 0 Å². The van der Waals surface area contributed by atoms with E-state index in [0.29, 0.717) is 11.8 Å². The van der Waals surface area contributed by atoms with Crippen LogP contribution >= 0.6 is 11.6 Å². The van der Waals surface area contributed by atoms with Gasteiger partial charge in [-0.25, -0.2) is 0 Å². The fourth-order valence-corrected chi connectivity index (χ4v) is 6.09. The van der Waals surface area contributed by atoms with Crippen molar-refractivity contribution in [2.45, 2.75) is 31.8 Å². The van der Waals surface area contributed by atoms with E-state index in [4.69, 9.17) is 17.3 Å². The van der Waals surface area contributed by atoms with Gasteiger partial charge in [0.05, 0.1) is 6.04 Å². The molecule has 6 nitrogen and oxygen atoms in total. The Labute approximate surface area is 204 Å². The third-order valence-electron chi connectivity index (χ3n) is 7.81. The molecular weight excluding hydrogens is 446 g/mol. The summed E-state index contributed by atoms with van der Waals surface area (Å²) < 4.78 is 0. The molecule has 7 heteroatoms. The summed E-state index contributed by atoms with van der Waals surface area (Å²) in [5.41, 5.74) is 11.3. The van der Waals surface area contributed by atoms with Gasteiger partial charge < -0.3 is 20.6 Å². The highest BCUT2D eigenvalue weighted by atomic mass is 35.5. The first-order chi connectivity index (χ1) is 16.5. The quantitative estimate of drug-likeness (QED) is 0.402. The number of hydrogen-bond acceptors (Lipinski definition) is 3. The smallest absolute Gasteiger partial charge is 0.239 e. The van der Waals surface area contributed by atoms with Crippen LogP contribution in [0, 0.1) is 5.41 Å². The summed E-state index contributed by atoms with van der Waals surface area (Å²) >= 11 is 6.20. The molecule has 2 aromatic carbocycles. The largest absolute Gasteiger partial charge is 0.361 e. The van der Waals surface area contributed by atoms with Crippen LogP contribution in [0.1, 0.15) is 24.0 Å². The molecule has 4 heterocycles. The number of aromatic nitrogens is 2.